The van der Waals surface area contributed by atoms with Crippen molar-refractivity contribution in [3.05, 3.63) is 59.9 Å². The van der Waals surface area contributed by atoms with Crippen LogP contribution < -0.4 is 14.8 Å². The number of rotatable bonds is 10. The molecule has 158 valence electrons. The second-order valence-electron chi connectivity index (χ2n) is 6.54. The van der Waals surface area contributed by atoms with Crippen LogP contribution in [0, 0.1) is 0 Å². The van der Waals surface area contributed by atoms with Crippen LogP contribution >= 0.6 is 11.8 Å². The lowest BCUT2D eigenvalue weighted by Crippen LogP contribution is -2.14. The maximum absolute atomic E-state index is 12.2. The Morgan fingerprint density at radius 3 is 2.33 bits per heavy atom. The highest BCUT2D eigenvalue weighted by molar-refractivity contribution is 7.99. The Morgan fingerprint density at radius 1 is 1.00 bits per heavy atom. The Morgan fingerprint density at radius 2 is 1.67 bits per heavy atom. The smallest absolute Gasteiger partial charge is 0.234 e. The van der Waals surface area contributed by atoms with E-state index in [4.69, 9.17) is 9.47 Å². The number of amides is 1. The van der Waals surface area contributed by atoms with Gasteiger partial charge in [0.2, 0.25) is 5.91 Å². The number of thioether (sulfide) groups is 1. The van der Waals surface area contributed by atoms with Gasteiger partial charge in [-0.25, -0.2) is 0 Å². The van der Waals surface area contributed by atoms with Crippen LogP contribution in [0.15, 0.2) is 53.7 Å². The number of nitrogens with zero attached hydrogens (tertiary/aromatic N) is 3. The number of hydrogen-bond donors (Lipinski definition) is 1. The average Bonchev–Trinajstić information content (AvgIpc) is 3.12. The third kappa shape index (κ3) is 6.00. The molecule has 0 saturated heterocycles. The van der Waals surface area contributed by atoms with Crippen LogP contribution in [0.25, 0.3) is 0 Å². The molecule has 0 aliphatic heterocycles. The van der Waals surface area contributed by atoms with E-state index >= 15 is 0 Å². The van der Waals surface area contributed by atoms with Crippen LogP contribution in [-0.2, 0) is 24.9 Å². The molecule has 8 heteroatoms. The molecule has 1 aromatic heterocycles. The topological polar surface area (TPSA) is 78.3 Å². The van der Waals surface area contributed by atoms with Crippen molar-refractivity contribution in [1.82, 2.24) is 14.8 Å². The molecule has 1 N–H and O–H groups in total. The molecule has 0 fully saturated rings. The van der Waals surface area contributed by atoms with Crippen LogP contribution in [0.1, 0.15) is 25.2 Å². The predicted octanol–water partition coefficient (Wildman–Crippen LogP) is 4.09. The number of ether oxygens (including phenoxy) is 2. The zero-order valence-electron chi connectivity index (χ0n) is 17.4. The number of anilines is 1. The number of aryl methyl sites for hydroxylation is 1. The summed E-state index contributed by atoms with van der Waals surface area (Å²) in [6.45, 7) is 4.97. The summed E-state index contributed by atoms with van der Waals surface area (Å²) < 4.78 is 13.0. The van der Waals surface area contributed by atoms with Gasteiger partial charge in [0.05, 0.1) is 12.4 Å². The number of carbonyl (C=O) groups is 1. The van der Waals surface area contributed by atoms with Crippen molar-refractivity contribution in [2.24, 2.45) is 7.05 Å². The standard InChI is InChI=1S/C22H26N4O3S/c1-4-16-6-10-19(11-7-16)29-14-20-24-25-22(26(20)3)30-15-21(27)23-17-8-12-18(13-9-17)28-5-2/h6-13H,4-5,14-15H2,1-3H3,(H,23,27). The minimum atomic E-state index is -0.110. The quantitative estimate of drug-likeness (QED) is 0.492. The fourth-order valence-electron chi connectivity index (χ4n) is 2.69. The van der Waals surface area contributed by atoms with E-state index in [1.54, 1.807) is 0 Å². The zero-order chi connectivity index (χ0) is 21.3. The SMILES string of the molecule is CCOc1ccc(NC(=O)CSc2nnc(COc3ccc(CC)cc3)n2C)cc1. The van der Waals surface area contributed by atoms with Crippen LogP contribution in [0.4, 0.5) is 5.69 Å². The second kappa shape index (κ2) is 10.7. The molecule has 3 rings (SSSR count). The fraction of sp³-hybridized carbons (Fsp3) is 0.318. The van der Waals surface area contributed by atoms with Gasteiger partial charge in [-0.2, -0.15) is 0 Å². The van der Waals surface area contributed by atoms with E-state index in [0.29, 0.717) is 24.2 Å². The van der Waals surface area contributed by atoms with Crippen LogP contribution in [-0.4, -0.2) is 33.0 Å². The van der Waals surface area contributed by atoms with E-state index in [0.717, 1.165) is 23.6 Å². The first-order valence-electron chi connectivity index (χ1n) is 9.84. The monoisotopic (exact) mass is 426 g/mol. The molecular weight excluding hydrogens is 400 g/mol. The lowest BCUT2D eigenvalue weighted by atomic mass is 10.2. The molecule has 3 aromatic rings. The van der Waals surface area contributed by atoms with Crippen molar-refractivity contribution < 1.29 is 14.3 Å². The van der Waals surface area contributed by atoms with Crippen LogP contribution in [0.5, 0.6) is 11.5 Å². The van der Waals surface area contributed by atoms with Gasteiger partial charge in [-0.15, -0.1) is 10.2 Å². The summed E-state index contributed by atoms with van der Waals surface area (Å²) in [5.41, 5.74) is 1.99. The summed E-state index contributed by atoms with van der Waals surface area (Å²) >= 11 is 1.33. The number of hydrogen-bond acceptors (Lipinski definition) is 6. The van der Waals surface area contributed by atoms with E-state index < -0.39 is 0 Å². The van der Waals surface area contributed by atoms with Gasteiger partial charge in [-0.1, -0.05) is 30.8 Å². The first-order chi connectivity index (χ1) is 14.6. The van der Waals surface area contributed by atoms with Crippen molar-refractivity contribution in [3.63, 3.8) is 0 Å². The third-order valence-electron chi connectivity index (χ3n) is 4.41. The Labute approximate surface area is 180 Å². The van der Waals surface area contributed by atoms with Crippen molar-refractivity contribution in [2.75, 3.05) is 17.7 Å². The van der Waals surface area contributed by atoms with Crippen molar-refractivity contribution >= 4 is 23.4 Å². The van der Waals surface area contributed by atoms with E-state index in [1.165, 1.54) is 17.3 Å². The molecule has 7 nitrogen and oxygen atoms in total. The number of nitrogens with one attached hydrogen (secondary N) is 1. The summed E-state index contributed by atoms with van der Waals surface area (Å²) in [5, 5.41) is 11.9. The van der Waals surface area contributed by atoms with Gasteiger partial charge in [-0.05, 0) is 55.3 Å². The molecule has 30 heavy (non-hydrogen) atoms. The molecule has 0 unspecified atom stereocenters. The van der Waals surface area contributed by atoms with Gasteiger partial charge >= 0.3 is 0 Å². The van der Waals surface area contributed by atoms with Crippen LogP contribution in [0.2, 0.25) is 0 Å². The van der Waals surface area contributed by atoms with Crippen molar-refractivity contribution in [3.8, 4) is 11.5 Å². The molecule has 0 radical (unpaired) electrons. The molecule has 1 heterocycles. The van der Waals surface area contributed by atoms with Gasteiger partial charge in [0, 0.05) is 12.7 Å². The molecule has 0 atom stereocenters. The molecule has 0 aliphatic rings. The number of benzene rings is 2. The van der Waals surface area contributed by atoms with E-state index in [9.17, 15) is 4.79 Å². The Bertz CT molecular complexity index is 956. The predicted molar refractivity (Wildman–Crippen MR) is 118 cm³/mol. The van der Waals surface area contributed by atoms with Gasteiger partial charge in [-0.3, -0.25) is 4.79 Å². The average molecular weight is 427 g/mol. The van der Waals surface area contributed by atoms with Gasteiger partial charge in [0.15, 0.2) is 11.0 Å². The largest absolute Gasteiger partial charge is 0.494 e. The number of aromatic nitrogens is 3. The number of carbonyl (C=O) groups excluding carboxylic acids is 1. The Kier molecular flexibility index (Phi) is 7.73. The van der Waals surface area contributed by atoms with Crippen molar-refractivity contribution in [1.29, 1.82) is 0 Å². The maximum Gasteiger partial charge on any atom is 0.234 e. The first-order valence-corrected chi connectivity index (χ1v) is 10.8. The molecule has 0 bridgehead atoms. The lowest BCUT2D eigenvalue weighted by molar-refractivity contribution is -0.113. The van der Waals surface area contributed by atoms with Crippen LogP contribution in [0.3, 0.4) is 0 Å². The molecule has 0 aliphatic carbocycles. The second-order valence-corrected chi connectivity index (χ2v) is 7.48. The Hall–Kier alpha value is -3.00. The van der Waals surface area contributed by atoms with E-state index in [2.05, 4.69) is 34.6 Å². The highest BCUT2D eigenvalue weighted by atomic mass is 32.2. The minimum absolute atomic E-state index is 0.110. The summed E-state index contributed by atoms with van der Waals surface area (Å²) in [5.74, 6) is 2.39. The molecule has 2 aromatic carbocycles. The van der Waals surface area contributed by atoms with Gasteiger partial charge < -0.3 is 19.4 Å². The summed E-state index contributed by atoms with van der Waals surface area (Å²) in [4.78, 5) is 12.2. The summed E-state index contributed by atoms with van der Waals surface area (Å²) in [7, 11) is 1.87. The van der Waals surface area contributed by atoms with E-state index in [1.807, 2.05) is 54.9 Å². The normalized spacial score (nSPS) is 10.6. The molecule has 1 amide bonds. The maximum atomic E-state index is 12.2. The minimum Gasteiger partial charge on any atom is -0.494 e. The zero-order valence-corrected chi connectivity index (χ0v) is 18.2. The first kappa shape index (κ1) is 21.7. The highest BCUT2D eigenvalue weighted by Crippen LogP contribution is 2.19. The third-order valence-corrected chi connectivity index (χ3v) is 5.43. The molecule has 0 spiro atoms. The highest BCUT2D eigenvalue weighted by Gasteiger charge is 2.12. The summed E-state index contributed by atoms with van der Waals surface area (Å²) in [6, 6.07) is 15.3. The summed E-state index contributed by atoms with van der Waals surface area (Å²) in [6.07, 6.45) is 0.996. The van der Waals surface area contributed by atoms with Gasteiger partial charge in [0.25, 0.3) is 0 Å². The Balaban J connectivity index is 1.48. The van der Waals surface area contributed by atoms with Gasteiger partial charge in [0.1, 0.15) is 18.1 Å². The van der Waals surface area contributed by atoms with Crippen molar-refractivity contribution in [2.45, 2.75) is 32.0 Å². The molecular formula is C22H26N4O3S. The fourth-order valence-corrected chi connectivity index (χ4v) is 3.42. The lowest BCUT2D eigenvalue weighted by Gasteiger charge is -2.08. The molecule has 0 saturated carbocycles. The van der Waals surface area contributed by atoms with E-state index in [-0.39, 0.29) is 11.7 Å².